The quantitative estimate of drug-likeness (QED) is 0.480. The minimum Gasteiger partial charge on any atom is -0.477 e. The molecule has 0 unspecified atom stereocenters. The summed E-state index contributed by atoms with van der Waals surface area (Å²) in [6, 6.07) is 1.47. The van der Waals surface area contributed by atoms with Gasteiger partial charge in [-0.15, -0.1) is 0 Å². The number of hydrogen-bond donors (Lipinski definition) is 2. The second-order valence-electron chi connectivity index (χ2n) is 5.96. The molecule has 1 rings (SSSR count). The van der Waals surface area contributed by atoms with Gasteiger partial charge in [-0.2, -0.15) is 0 Å². The first kappa shape index (κ1) is 19.7. The lowest BCUT2D eigenvalue weighted by molar-refractivity contribution is 0.0526. The molecule has 0 saturated heterocycles. The third-order valence-electron chi connectivity index (χ3n) is 2.80. The maximum atomic E-state index is 11.7. The number of alkyl carbamates (subject to hydrolysis) is 1. The number of rotatable bonds is 5. The molecule has 0 aliphatic heterocycles. The second-order valence-corrected chi connectivity index (χ2v) is 6.30. The number of nitrogens with zero attached hydrogens (tertiary/aromatic N) is 3. The van der Waals surface area contributed by atoms with Gasteiger partial charge in [0.05, 0.1) is 0 Å². The fourth-order valence-electron chi connectivity index (χ4n) is 1.93. The number of carbonyl (C=O) groups is 2. The van der Waals surface area contributed by atoms with Gasteiger partial charge in [-0.25, -0.2) is 19.6 Å². The van der Waals surface area contributed by atoms with Crippen LogP contribution in [0.25, 0.3) is 0 Å². The van der Waals surface area contributed by atoms with Gasteiger partial charge in [-0.1, -0.05) is 0 Å². The van der Waals surface area contributed by atoms with Crippen LogP contribution in [-0.4, -0.2) is 45.9 Å². The van der Waals surface area contributed by atoms with Gasteiger partial charge in [0, 0.05) is 13.1 Å². The molecule has 1 heterocycles. The van der Waals surface area contributed by atoms with Gasteiger partial charge in [0.25, 0.3) is 0 Å². The highest BCUT2D eigenvalue weighted by atomic mass is 35.5. The molecule has 0 aliphatic carbocycles. The summed E-state index contributed by atoms with van der Waals surface area (Å²) < 4.78 is 6.56. The number of carbonyl (C=O) groups excluding carboxylic acids is 1. The molecule has 24 heavy (non-hydrogen) atoms. The molecule has 0 atom stereocenters. The number of amidine groups is 1. The van der Waals surface area contributed by atoms with Crippen LogP contribution in [0.3, 0.4) is 0 Å². The van der Waals surface area contributed by atoms with Gasteiger partial charge < -0.3 is 19.7 Å². The Balaban J connectivity index is 2.95. The van der Waals surface area contributed by atoms with Crippen molar-refractivity contribution < 1.29 is 19.4 Å². The van der Waals surface area contributed by atoms with Gasteiger partial charge in [0.1, 0.15) is 17.1 Å². The summed E-state index contributed by atoms with van der Waals surface area (Å²) in [5.74, 6) is -0.768. The number of carboxylic acids is 1. The zero-order valence-corrected chi connectivity index (χ0v) is 14.8. The Kier molecular flexibility index (Phi) is 6.53. The summed E-state index contributed by atoms with van der Waals surface area (Å²) in [4.78, 5) is 30.6. The molecule has 132 valence electrons. The molecule has 0 spiro atoms. The number of nitrogens with one attached hydrogen (secondary N) is 1. The van der Waals surface area contributed by atoms with Crippen LogP contribution in [0.15, 0.2) is 16.1 Å². The third kappa shape index (κ3) is 5.69. The van der Waals surface area contributed by atoms with Crippen LogP contribution >= 0.6 is 11.6 Å². The topological polar surface area (TPSA) is 105 Å². The maximum Gasteiger partial charge on any atom is 0.407 e. The molecule has 2 N–H and O–H groups in total. The van der Waals surface area contributed by atoms with Crippen LogP contribution < -0.4 is 5.32 Å². The van der Waals surface area contributed by atoms with Crippen molar-refractivity contribution in [2.24, 2.45) is 9.98 Å². The Morgan fingerprint density at radius 3 is 2.58 bits per heavy atom. The number of ether oxygens (including phenoxy) is 1. The zero-order valence-electron chi connectivity index (χ0n) is 14.1. The van der Waals surface area contributed by atoms with Crippen molar-refractivity contribution in [3.63, 3.8) is 0 Å². The number of amides is 1. The second kappa shape index (κ2) is 7.96. The normalized spacial score (nSPS) is 12.0. The Morgan fingerprint density at radius 2 is 2.08 bits per heavy atom. The zero-order chi connectivity index (χ0) is 18.5. The minimum absolute atomic E-state index is 0.0331. The maximum absolute atomic E-state index is 11.7. The first-order valence-corrected chi connectivity index (χ1v) is 7.54. The van der Waals surface area contributed by atoms with E-state index in [9.17, 15) is 14.7 Å². The highest BCUT2D eigenvalue weighted by molar-refractivity contribution is 6.65. The molecule has 0 saturated carbocycles. The van der Waals surface area contributed by atoms with Crippen LogP contribution in [0.4, 0.5) is 10.6 Å². The highest BCUT2D eigenvalue weighted by Gasteiger charge is 2.19. The molecule has 0 aliphatic rings. The van der Waals surface area contributed by atoms with E-state index in [1.807, 2.05) is 0 Å². The summed E-state index contributed by atoms with van der Waals surface area (Å²) in [6.07, 6.45) is -0.584. The largest absolute Gasteiger partial charge is 0.477 e. The fraction of sp³-hybridized carbons (Fsp3) is 0.467. The highest BCUT2D eigenvalue weighted by Crippen LogP contribution is 2.25. The molecule has 8 nitrogen and oxygen atoms in total. The van der Waals surface area contributed by atoms with E-state index in [0.717, 1.165) is 0 Å². The van der Waals surface area contributed by atoms with Gasteiger partial charge in [0.2, 0.25) is 5.29 Å². The third-order valence-corrected chi connectivity index (χ3v) is 3.01. The minimum atomic E-state index is -1.11. The van der Waals surface area contributed by atoms with Crippen LogP contribution in [-0.2, 0) is 11.3 Å². The van der Waals surface area contributed by atoms with E-state index >= 15 is 0 Å². The predicted molar refractivity (Wildman–Crippen MR) is 92.9 cm³/mol. The number of aryl methyl sites for hydroxylation is 1. The molecule has 0 fully saturated rings. The van der Waals surface area contributed by atoms with E-state index in [-0.39, 0.29) is 24.1 Å². The first-order valence-electron chi connectivity index (χ1n) is 7.16. The summed E-state index contributed by atoms with van der Waals surface area (Å²) in [6.45, 7) is 10.6. The molecule has 1 aromatic rings. The molecule has 0 bridgehead atoms. The smallest absolute Gasteiger partial charge is 0.407 e. The van der Waals surface area contributed by atoms with Crippen molar-refractivity contribution in [2.45, 2.75) is 39.8 Å². The van der Waals surface area contributed by atoms with E-state index in [1.54, 1.807) is 27.7 Å². The number of aromatic carboxylic acids is 1. The summed E-state index contributed by atoms with van der Waals surface area (Å²) in [5.41, 5.74) is 0.0381. The van der Waals surface area contributed by atoms with Crippen LogP contribution in [0.2, 0.25) is 0 Å². The Labute approximate surface area is 145 Å². The average molecular weight is 357 g/mol. The van der Waals surface area contributed by atoms with E-state index in [4.69, 9.17) is 16.3 Å². The van der Waals surface area contributed by atoms with E-state index < -0.39 is 17.7 Å². The molecule has 0 radical (unpaired) electrons. The summed E-state index contributed by atoms with van der Waals surface area (Å²) in [7, 11) is 0. The Bertz CT molecular complexity index is 674. The summed E-state index contributed by atoms with van der Waals surface area (Å²) in [5, 5.41) is 11.8. The fourth-order valence-corrected chi connectivity index (χ4v) is 2.01. The number of halogens is 1. The molecule has 0 aromatic carbocycles. The van der Waals surface area contributed by atoms with Crippen LogP contribution in [0.1, 0.15) is 36.8 Å². The number of carboxylic acid groups (broad SMARTS) is 1. The van der Waals surface area contributed by atoms with Gasteiger partial charge >= 0.3 is 12.1 Å². The van der Waals surface area contributed by atoms with Crippen molar-refractivity contribution in [1.29, 1.82) is 0 Å². The average Bonchev–Trinajstić information content (AvgIpc) is 2.74. The van der Waals surface area contributed by atoms with Crippen molar-refractivity contribution >= 4 is 41.5 Å². The monoisotopic (exact) mass is 356 g/mol. The molecular weight excluding hydrogens is 336 g/mol. The molecular formula is C15H21ClN4O4. The predicted octanol–water partition coefficient (Wildman–Crippen LogP) is 2.95. The van der Waals surface area contributed by atoms with Gasteiger partial charge in [-0.3, -0.25) is 0 Å². The Hall–Kier alpha value is -2.35. The number of aromatic nitrogens is 1. The van der Waals surface area contributed by atoms with Crippen LogP contribution in [0, 0.1) is 6.92 Å². The molecule has 1 aromatic heterocycles. The van der Waals surface area contributed by atoms with Gasteiger partial charge in [0.15, 0.2) is 0 Å². The summed E-state index contributed by atoms with van der Waals surface area (Å²) >= 11 is 5.76. The van der Waals surface area contributed by atoms with Crippen molar-refractivity contribution in [3.05, 3.63) is 17.3 Å². The van der Waals surface area contributed by atoms with Crippen molar-refractivity contribution in [3.8, 4) is 0 Å². The van der Waals surface area contributed by atoms with Gasteiger partial charge in [-0.05, 0) is 57.6 Å². The van der Waals surface area contributed by atoms with Crippen molar-refractivity contribution in [1.82, 2.24) is 9.88 Å². The van der Waals surface area contributed by atoms with E-state index in [1.165, 1.54) is 10.6 Å². The SMILES string of the molecule is C=NC(Cl)=Nc1c(C)cc(C(=O)O)n1CCNC(=O)OC(C)(C)C. The number of hydrogen-bond acceptors (Lipinski definition) is 4. The Morgan fingerprint density at radius 1 is 1.46 bits per heavy atom. The number of aliphatic imine (C=N–C) groups is 2. The lowest BCUT2D eigenvalue weighted by atomic mass is 10.2. The molecule has 9 heteroatoms. The van der Waals surface area contributed by atoms with E-state index in [2.05, 4.69) is 22.0 Å². The standard InChI is InChI=1S/C15H21ClN4O4/c1-9-8-10(12(21)22)20(11(9)19-13(16)17-5)7-6-18-14(23)24-15(2,3)4/h8H,5-7H2,1-4H3,(H,18,23)(H,21,22). The van der Waals surface area contributed by atoms with Crippen LogP contribution in [0.5, 0.6) is 0 Å². The lowest BCUT2D eigenvalue weighted by Gasteiger charge is -2.20. The van der Waals surface area contributed by atoms with E-state index in [0.29, 0.717) is 11.4 Å². The molecule has 1 amide bonds. The lowest BCUT2D eigenvalue weighted by Crippen LogP contribution is -2.34. The van der Waals surface area contributed by atoms with Crippen molar-refractivity contribution in [2.75, 3.05) is 6.54 Å². The first-order chi connectivity index (χ1) is 11.0.